The van der Waals surface area contributed by atoms with Crippen LogP contribution in [0.4, 0.5) is 14.9 Å². The van der Waals surface area contributed by atoms with Crippen LogP contribution < -0.4 is 10.3 Å². The number of aryl methyl sites for hydroxylation is 1. The van der Waals surface area contributed by atoms with Gasteiger partial charge in [-0.15, -0.1) is 0 Å². The van der Waals surface area contributed by atoms with Crippen LogP contribution in [0.5, 0.6) is 0 Å². The first-order valence-corrected chi connectivity index (χ1v) is 16.7. The lowest BCUT2D eigenvalue weighted by Crippen LogP contribution is -2.48. The van der Waals surface area contributed by atoms with E-state index in [2.05, 4.69) is 0 Å². The zero-order chi connectivity index (χ0) is 31.9. The number of thioether (sulfide) groups is 1. The number of halogens is 1. The van der Waals surface area contributed by atoms with Crippen LogP contribution in [0.1, 0.15) is 22.8 Å². The van der Waals surface area contributed by atoms with Crippen molar-refractivity contribution in [2.24, 2.45) is 0 Å². The molecule has 1 aliphatic rings. The fourth-order valence-electron chi connectivity index (χ4n) is 4.68. The van der Waals surface area contributed by atoms with Gasteiger partial charge in [0.1, 0.15) is 11.4 Å². The zero-order valence-corrected chi connectivity index (χ0v) is 25.1. The van der Waals surface area contributed by atoms with Crippen LogP contribution in [-0.4, -0.2) is 81.7 Å². The van der Waals surface area contributed by atoms with Crippen LogP contribution in [0.2, 0.25) is 0 Å². The van der Waals surface area contributed by atoms with Crippen LogP contribution in [0.25, 0.3) is 10.9 Å². The molecule has 2 heterocycles. The molecule has 43 heavy (non-hydrogen) atoms. The summed E-state index contributed by atoms with van der Waals surface area (Å²) in [6.07, 6.45) is 0.202. The largest absolute Gasteiger partial charge is 0.477 e. The number of hydrogen-bond acceptors (Lipinski definition) is 8. The highest BCUT2D eigenvalue weighted by atomic mass is 32.2. The molecule has 14 nitrogen and oxygen atoms in total. The number of nitrogens with zero attached hydrogens (tertiary/aromatic N) is 3. The maximum Gasteiger partial charge on any atom is 0.369 e. The van der Waals surface area contributed by atoms with E-state index in [0.29, 0.717) is 17.0 Å². The number of carboxylic acid groups (broad SMARTS) is 1. The van der Waals surface area contributed by atoms with E-state index in [4.69, 9.17) is 0 Å². The molecule has 1 saturated heterocycles. The summed E-state index contributed by atoms with van der Waals surface area (Å²) in [7, 11) is -11.2. The second kappa shape index (κ2) is 12.1. The fourth-order valence-corrected chi connectivity index (χ4v) is 7.60. The molecule has 1 aliphatic heterocycles. The van der Waals surface area contributed by atoms with Gasteiger partial charge in [-0.3, -0.25) is 18.7 Å². The number of carboxylic acids is 1. The number of aliphatic hydroxyl groups is 1. The van der Waals surface area contributed by atoms with E-state index in [9.17, 15) is 53.3 Å². The number of fused-ring (bicyclic) bond motifs is 1. The Balaban J connectivity index is 1.44. The molecule has 18 heteroatoms. The molecule has 0 bridgehead atoms. The van der Waals surface area contributed by atoms with Gasteiger partial charge in [0.25, 0.3) is 10.3 Å². The lowest BCUT2D eigenvalue weighted by atomic mass is 10.1. The standard InChI is InChI=1S/C25H28FN3O11P2S/c1-2-27-14-18(23(31)32)22(30)17-11-19(26)21(12-20(17)27)28-7-9-29(10-8-28)24(33)43-16-5-3-15(4-6-16)13-25(34,41(35,36)37)42(38,39)40/h3-6,11-12,14,34H,2,7-10,13H2,1H3,(H,31,32)(H2,35,36,37)(H2,38,39,40). The Hall–Kier alpha value is -3.07. The zero-order valence-electron chi connectivity index (χ0n) is 22.5. The van der Waals surface area contributed by atoms with Crippen LogP contribution in [-0.2, 0) is 22.1 Å². The molecule has 0 spiro atoms. The molecule has 0 saturated carbocycles. The van der Waals surface area contributed by atoms with E-state index in [-0.39, 0.29) is 48.1 Å². The van der Waals surface area contributed by atoms with Gasteiger partial charge >= 0.3 is 21.2 Å². The third-order valence-electron chi connectivity index (χ3n) is 7.10. The average Bonchev–Trinajstić information content (AvgIpc) is 2.93. The Morgan fingerprint density at radius 2 is 1.58 bits per heavy atom. The summed E-state index contributed by atoms with van der Waals surface area (Å²) in [5.41, 5.74) is -0.629. The van der Waals surface area contributed by atoms with Gasteiger partial charge in [-0.05, 0) is 48.5 Å². The third kappa shape index (κ3) is 6.56. The Morgan fingerprint density at radius 1 is 1.00 bits per heavy atom. The predicted molar refractivity (Wildman–Crippen MR) is 155 cm³/mol. The number of carbonyl (C=O) groups is 2. The highest BCUT2D eigenvalue weighted by Crippen LogP contribution is 2.68. The van der Waals surface area contributed by atoms with Gasteiger partial charge in [-0.2, -0.15) is 0 Å². The maximum absolute atomic E-state index is 15.1. The minimum absolute atomic E-state index is 0.0182. The molecule has 2 aromatic carbocycles. The molecule has 0 unspecified atom stereocenters. The Labute approximate surface area is 247 Å². The summed E-state index contributed by atoms with van der Waals surface area (Å²) in [4.78, 5) is 77.9. The number of rotatable bonds is 8. The number of aromatic nitrogens is 1. The topological polar surface area (TPSA) is 218 Å². The quantitative estimate of drug-likeness (QED) is 0.151. The third-order valence-corrected chi connectivity index (χ3v) is 11.8. The number of pyridine rings is 1. The van der Waals surface area contributed by atoms with Gasteiger partial charge in [-0.25, -0.2) is 9.18 Å². The summed E-state index contributed by atoms with van der Waals surface area (Å²) >= 11 is 0.839. The normalized spacial score (nSPS) is 14.8. The molecule has 6 N–H and O–H groups in total. The van der Waals surface area contributed by atoms with Gasteiger partial charge < -0.3 is 44.2 Å². The summed E-state index contributed by atoms with van der Waals surface area (Å²) < 4.78 is 39.9. The molecule has 0 aliphatic carbocycles. The molecule has 0 radical (unpaired) electrons. The van der Waals surface area contributed by atoms with E-state index in [1.54, 1.807) is 16.4 Å². The molecule has 4 rings (SSSR count). The molecule has 1 aromatic heterocycles. The van der Waals surface area contributed by atoms with Crippen LogP contribution in [0.3, 0.4) is 0 Å². The first kappa shape index (κ1) is 32.8. The van der Waals surface area contributed by atoms with Crippen molar-refractivity contribution in [3.63, 3.8) is 0 Å². The van der Waals surface area contributed by atoms with Crippen molar-refractivity contribution in [3.05, 3.63) is 69.8 Å². The number of aromatic carboxylic acids is 1. The summed E-state index contributed by atoms with van der Waals surface area (Å²) in [6, 6.07) is 7.89. The van der Waals surface area contributed by atoms with Crippen molar-refractivity contribution in [1.82, 2.24) is 9.47 Å². The van der Waals surface area contributed by atoms with Crippen molar-refractivity contribution >= 4 is 54.8 Å². The highest BCUT2D eigenvalue weighted by molar-refractivity contribution is 8.13. The van der Waals surface area contributed by atoms with Gasteiger partial charge in [0.05, 0.1) is 11.2 Å². The summed E-state index contributed by atoms with van der Waals surface area (Å²) in [5.74, 6) is -2.10. The van der Waals surface area contributed by atoms with Crippen molar-refractivity contribution in [3.8, 4) is 0 Å². The summed E-state index contributed by atoms with van der Waals surface area (Å²) in [6.45, 7) is 3.10. The van der Waals surface area contributed by atoms with E-state index in [1.807, 2.05) is 0 Å². The second-order valence-electron chi connectivity index (χ2n) is 9.81. The predicted octanol–water partition coefficient (Wildman–Crippen LogP) is 2.44. The Morgan fingerprint density at radius 3 is 2.09 bits per heavy atom. The number of piperazine rings is 1. The smallest absolute Gasteiger partial charge is 0.369 e. The molecule has 3 aromatic rings. The Kier molecular flexibility index (Phi) is 9.27. The molecular formula is C25H28FN3O11P2S. The minimum atomic E-state index is -5.62. The van der Waals surface area contributed by atoms with Gasteiger partial charge in [-0.1, -0.05) is 12.1 Å². The number of benzene rings is 2. The number of hydrogen-bond donors (Lipinski definition) is 6. The van der Waals surface area contributed by atoms with E-state index < -0.39 is 49.5 Å². The number of carbonyl (C=O) groups excluding carboxylic acids is 1. The van der Waals surface area contributed by atoms with Crippen molar-refractivity contribution < 1.29 is 52.9 Å². The monoisotopic (exact) mass is 659 g/mol. The minimum Gasteiger partial charge on any atom is -0.477 e. The molecule has 1 amide bonds. The van der Waals surface area contributed by atoms with E-state index in [1.165, 1.54) is 41.4 Å². The van der Waals surface area contributed by atoms with Gasteiger partial charge in [0.2, 0.25) is 5.43 Å². The molecule has 1 fully saturated rings. The van der Waals surface area contributed by atoms with Crippen molar-refractivity contribution in [2.75, 3.05) is 31.1 Å². The van der Waals surface area contributed by atoms with Gasteiger partial charge in [0.15, 0.2) is 0 Å². The van der Waals surface area contributed by atoms with Crippen molar-refractivity contribution in [1.29, 1.82) is 0 Å². The van der Waals surface area contributed by atoms with Crippen LogP contribution in [0, 0.1) is 5.82 Å². The lowest BCUT2D eigenvalue weighted by molar-refractivity contribution is 0.0694. The molecule has 0 atom stereocenters. The fraction of sp³-hybridized carbons (Fsp3) is 0.320. The van der Waals surface area contributed by atoms with Crippen LogP contribution in [0.15, 0.2) is 52.3 Å². The lowest BCUT2D eigenvalue weighted by Gasteiger charge is -2.36. The number of amides is 1. The van der Waals surface area contributed by atoms with Gasteiger partial charge in [0, 0.05) is 55.6 Å². The second-order valence-corrected chi connectivity index (χ2v) is 14.8. The first-order chi connectivity index (χ1) is 20.0. The average molecular weight is 660 g/mol. The Bertz CT molecular complexity index is 1710. The van der Waals surface area contributed by atoms with Crippen molar-refractivity contribution in [2.45, 2.75) is 29.9 Å². The molecular weight excluding hydrogens is 631 g/mol. The number of anilines is 1. The summed E-state index contributed by atoms with van der Waals surface area (Å²) in [5, 5.41) is 15.5. The van der Waals surface area contributed by atoms with Crippen LogP contribution >= 0.6 is 27.0 Å². The maximum atomic E-state index is 15.1. The van der Waals surface area contributed by atoms with E-state index in [0.717, 1.165) is 17.8 Å². The van der Waals surface area contributed by atoms with E-state index >= 15 is 4.39 Å². The SMILES string of the molecule is CCn1cc(C(=O)O)c(=O)c2cc(F)c(N3CCN(C(=O)Sc4ccc(CC(O)(P(=O)(O)O)P(=O)(O)O)cc4)CC3)cc21. The first-order valence-electron chi connectivity index (χ1n) is 12.7. The molecule has 232 valence electrons. The highest BCUT2D eigenvalue weighted by Gasteiger charge is 2.59.